The molecule has 1 rings (SSSR count). The number of aryl methyl sites for hydroxylation is 1. The van der Waals surface area contributed by atoms with E-state index in [1.165, 1.54) is 0 Å². The molecule has 1 aromatic rings. The Balaban J connectivity index is 3.33. The van der Waals surface area contributed by atoms with Crippen LogP contribution in [0.3, 0.4) is 0 Å². The van der Waals surface area contributed by atoms with Crippen LogP contribution in [0, 0.1) is 6.92 Å². The standard InChI is InChI=1S/C15H18O5/c1-5-20-14(17)15(18,11(3)13(16)19-4)12-8-6-10(2)7-9-12/h6-9,18H,3,5H2,1-2,4H3. The maximum absolute atomic E-state index is 12.1. The SMILES string of the molecule is C=C(C(=O)OC)C(O)(C(=O)OCC)c1ccc(C)cc1. The molecule has 0 heterocycles. The number of ether oxygens (including phenoxy) is 2. The highest BCUT2D eigenvalue weighted by Crippen LogP contribution is 2.31. The van der Waals surface area contributed by atoms with Crippen molar-refractivity contribution in [3.8, 4) is 0 Å². The van der Waals surface area contributed by atoms with Crippen molar-refractivity contribution < 1.29 is 24.2 Å². The Bertz CT molecular complexity index is 518. The van der Waals surface area contributed by atoms with Gasteiger partial charge >= 0.3 is 11.9 Å². The third-order valence-electron chi connectivity index (χ3n) is 2.91. The number of hydrogen-bond acceptors (Lipinski definition) is 5. The minimum absolute atomic E-state index is 0.0709. The summed E-state index contributed by atoms with van der Waals surface area (Å²) in [5.74, 6) is -1.83. The van der Waals surface area contributed by atoms with Crippen molar-refractivity contribution in [2.24, 2.45) is 0 Å². The highest BCUT2D eigenvalue weighted by Gasteiger charge is 2.46. The van der Waals surface area contributed by atoms with Gasteiger partial charge in [0.05, 0.1) is 19.3 Å². The highest BCUT2D eigenvalue weighted by molar-refractivity contribution is 6.00. The van der Waals surface area contributed by atoms with Gasteiger partial charge in [0.25, 0.3) is 0 Å². The van der Waals surface area contributed by atoms with E-state index in [1.54, 1.807) is 31.2 Å². The fourth-order valence-electron chi connectivity index (χ4n) is 1.72. The average Bonchev–Trinajstić information content (AvgIpc) is 2.45. The quantitative estimate of drug-likeness (QED) is 0.652. The van der Waals surface area contributed by atoms with E-state index < -0.39 is 17.5 Å². The molecular formula is C15H18O5. The lowest BCUT2D eigenvalue weighted by Gasteiger charge is -2.27. The Kier molecular flexibility index (Phi) is 5.05. The predicted molar refractivity (Wildman–Crippen MR) is 72.9 cm³/mol. The number of esters is 2. The normalized spacial score (nSPS) is 13.2. The number of aliphatic hydroxyl groups is 1. The summed E-state index contributed by atoms with van der Waals surface area (Å²) in [6.45, 7) is 7.01. The molecule has 5 nitrogen and oxygen atoms in total. The summed E-state index contributed by atoms with van der Waals surface area (Å²) in [5, 5.41) is 10.7. The van der Waals surface area contributed by atoms with Gasteiger partial charge in [-0.15, -0.1) is 0 Å². The molecule has 0 aliphatic carbocycles. The number of benzene rings is 1. The third-order valence-corrected chi connectivity index (χ3v) is 2.91. The Labute approximate surface area is 117 Å². The summed E-state index contributed by atoms with van der Waals surface area (Å²) >= 11 is 0. The van der Waals surface area contributed by atoms with Gasteiger partial charge in [0.15, 0.2) is 0 Å². The van der Waals surface area contributed by atoms with Gasteiger partial charge in [-0.25, -0.2) is 9.59 Å². The molecule has 1 atom stereocenters. The summed E-state index contributed by atoms with van der Waals surface area (Å²) in [5.41, 5.74) is -1.49. The molecule has 5 heteroatoms. The molecule has 108 valence electrons. The lowest BCUT2D eigenvalue weighted by Crippen LogP contribution is -2.41. The fraction of sp³-hybridized carbons (Fsp3) is 0.333. The molecule has 1 aromatic carbocycles. The van der Waals surface area contributed by atoms with Crippen LogP contribution in [0.2, 0.25) is 0 Å². The lowest BCUT2D eigenvalue weighted by molar-refractivity contribution is -0.165. The molecule has 0 aromatic heterocycles. The van der Waals surface area contributed by atoms with Crippen LogP contribution in [0.15, 0.2) is 36.4 Å². The Morgan fingerprint density at radius 3 is 2.30 bits per heavy atom. The zero-order chi connectivity index (χ0) is 15.3. The van der Waals surface area contributed by atoms with E-state index in [0.29, 0.717) is 0 Å². The summed E-state index contributed by atoms with van der Waals surface area (Å²) in [6.07, 6.45) is 0. The molecule has 0 aliphatic rings. The molecule has 0 bridgehead atoms. The molecule has 1 unspecified atom stereocenters. The molecular weight excluding hydrogens is 260 g/mol. The first-order chi connectivity index (χ1) is 9.37. The van der Waals surface area contributed by atoms with Crippen LogP contribution >= 0.6 is 0 Å². The van der Waals surface area contributed by atoms with E-state index in [2.05, 4.69) is 11.3 Å². The van der Waals surface area contributed by atoms with Gasteiger partial charge in [0, 0.05) is 0 Å². The monoisotopic (exact) mass is 278 g/mol. The Morgan fingerprint density at radius 1 is 1.30 bits per heavy atom. The van der Waals surface area contributed by atoms with Crippen molar-refractivity contribution >= 4 is 11.9 Å². The molecule has 0 saturated carbocycles. The van der Waals surface area contributed by atoms with Crippen molar-refractivity contribution in [1.82, 2.24) is 0 Å². The van der Waals surface area contributed by atoms with Gasteiger partial charge in [0.2, 0.25) is 5.60 Å². The third kappa shape index (κ3) is 2.88. The minimum atomic E-state index is -2.25. The molecule has 0 radical (unpaired) electrons. The van der Waals surface area contributed by atoms with Crippen LogP contribution in [0.25, 0.3) is 0 Å². The van der Waals surface area contributed by atoms with Gasteiger partial charge in [0.1, 0.15) is 0 Å². The molecule has 0 fully saturated rings. The summed E-state index contributed by atoms with van der Waals surface area (Å²) in [4.78, 5) is 23.7. The van der Waals surface area contributed by atoms with Gasteiger partial charge in [-0.3, -0.25) is 0 Å². The zero-order valence-corrected chi connectivity index (χ0v) is 11.8. The van der Waals surface area contributed by atoms with E-state index in [0.717, 1.165) is 12.7 Å². The molecule has 0 spiro atoms. The molecule has 0 amide bonds. The van der Waals surface area contributed by atoms with Crippen molar-refractivity contribution in [2.45, 2.75) is 19.4 Å². The van der Waals surface area contributed by atoms with Crippen LogP contribution in [0.1, 0.15) is 18.1 Å². The minimum Gasteiger partial charge on any atom is -0.466 e. The number of rotatable bonds is 5. The Hall–Kier alpha value is -2.14. The van der Waals surface area contributed by atoms with Gasteiger partial charge < -0.3 is 14.6 Å². The summed E-state index contributed by atoms with van der Waals surface area (Å²) in [6, 6.07) is 6.51. The van der Waals surface area contributed by atoms with Crippen molar-refractivity contribution in [3.63, 3.8) is 0 Å². The number of methoxy groups -OCH3 is 1. The maximum Gasteiger partial charge on any atom is 0.347 e. The van der Waals surface area contributed by atoms with Crippen LogP contribution in [0.5, 0.6) is 0 Å². The second kappa shape index (κ2) is 6.34. The highest BCUT2D eigenvalue weighted by atomic mass is 16.6. The second-order valence-corrected chi connectivity index (χ2v) is 4.27. The molecule has 0 saturated heterocycles. The first-order valence-corrected chi connectivity index (χ1v) is 6.12. The van der Waals surface area contributed by atoms with Crippen molar-refractivity contribution in [3.05, 3.63) is 47.5 Å². The van der Waals surface area contributed by atoms with Gasteiger partial charge in [-0.2, -0.15) is 0 Å². The first kappa shape index (κ1) is 15.9. The molecule has 1 N–H and O–H groups in total. The molecule has 20 heavy (non-hydrogen) atoms. The van der Waals surface area contributed by atoms with E-state index in [4.69, 9.17) is 4.74 Å². The van der Waals surface area contributed by atoms with E-state index in [1.807, 2.05) is 6.92 Å². The van der Waals surface area contributed by atoms with Crippen LogP contribution < -0.4 is 0 Å². The van der Waals surface area contributed by atoms with E-state index >= 15 is 0 Å². The van der Waals surface area contributed by atoms with Crippen molar-refractivity contribution in [1.29, 1.82) is 0 Å². The number of hydrogen-bond donors (Lipinski definition) is 1. The number of carbonyl (C=O) groups is 2. The predicted octanol–water partition coefficient (Wildman–Crippen LogP) is 1.47. The number of carbonyl (C=O) groups excluding carboxylic acids is 2. The Morgan fingerprint density at radius 2 is 1.85 bits per heavy atom. The summed E-state index contributed by atoms with van der Waals surface area (Å²) in [7, 11) is 1.15. The van der Waals surface area contributed by atoms with Crippen molar-refractivity contribution in [2.75, 3.05) is 13.7 Å². The topological polar surface area (TPSA) is 72.8 Å². The molecule has 0 aliphatic heterocycles. The van der Waals surface area contributed by atoms with E-state index in [-0.39, 0.29) is 17.7 Å². The fourth-order valence-corrected chi connectivity index (χ4v) is 1.72. The van der Waals surface area contributed by atoms with E-state index in [9.17, 15) is 14.7 Å². The van der Waals surface area contributed by atoms with Gasteiger partial charge in [-0.05, 0) is 19.4 Å². The van der Waals surface area contributed by atoms with Crippen LogP contribution in [-0.4, -0.2) is 30.8 Å². The summed E-state index contributed by atoms with van der Waals surface area (Å²) < 4.78 is 9.38. The van der Waals surface area contributed by atoms with Crippen LogP contribution in [0.4, 0.5) is 0 Å². The first-order valence-electron chi connectivity index (χ1n) is 6.12. The average molecular weight is 278 g/mol. The smallest absolute Gasteiger partial charge is 0.347 e. The lowest BCUT2D eigenvalue weighted by atomic mass is 9.86. The van der Waals surface area contributed by atoms with Crippen LogP contribution in [-0.2, 0) is 24.7 Å². The maximum atomic E-state index is 12.1. The second-order valence-electron chi connectivity index (χ2n) is 4.27. The largest absolute Gasteiger partial charge is 0.466 e. The van der Waals surface area contributed by atoms with Gasteiger partial charge in [-0.1, -0.05) is 36.4 Å². The zero-order valence-electron chi connectivity index (χ0n) is 11.8.